The van der Waals surface area contributed by atoms with Crippen LogP contribution < -0.4 is 0 Å². The van der Waals surface area contributed by atoms with Crippen molar-refractivity contribution in [1.29, 1.82) is 0 Å². The van der Waals surface area contributed by atoms with Crippen molar-refractivity contribution >= 4 is 6.29 Å². The fourth-order valence-electron chi connectivity index (χ4n) is 2.93. The average Bonchev–Trinajstić information content (AvgIpc) is 2.43. The molecule has 1 aliphatic carbocycles. The van der Waals surface area contributed by atoms with E-state index in [0.717, 1.165) is 11.9 Å². The molecule has 0 atom stereocenters. The van der Waals surface area contributed by atoms with E-state index in [2.05, 4.69) is 45.9 Å². The maximum absolute atomic E-state index is 10.3. The Morgan fingerprint density at radius 1 is 1.18 bits per heavy atom. The van der Waals surface area contributed by atoms with Gasteiger partial charge in [0.05, 0.1) is 0 Å². The lowest BCUT2D eigenvalue weighted by atomic mass is 9.72. The van der Waals surface area contributed by atoms with Crippen LogP contribution in [0.5, 0.6) is 0 Å². The maximum atomic E-state index is 10.3. The minimum atomic E-state index is 0.295. The molecule has 0 amide bonds. The lowest BCUT2D eigenvalue weighted by molar-refractivity contribution is -0.107. The van der Waals surface area contributed by atoms with Gasteiger partial charge in [-0.3, -0.25) is 0 Å². The summed E-state index contributed by atoms with van der Waals surface area (Å²) in [6.07, 6.45) is 17.8. The van der Waals surface area contributed by atoms with Crippen LogP contribution in [0.1, 0.15) is 60.3 Å². The summed E-state index contributed by atoms with van der Waals surface area (Å²) in [6, 6.07) is 0. The Hall–Kier alpha value is -1.63. The van der Waals surface area contributed by atoms with E-state index >= 15 is 0 Å². The molecule has 0 fully saturated rings. The topological polar surface area (TPSA) is 17.1 Å². The standard InChI is InChI=1S/C21H30O/c1-17(11-8-16-22)9-6-10-18(2)13-14-20-19(3)12-7-15-21(20,4)5/h6,9-11,13-14,16H,7-8,12,15H2,1-5H3. The second-order valence-corrected chi connectivity index (χ2v) is 6.89. The Bertz CT molecular complexity index is 536. The van der Waals surface area contributed by atoms with Gasteiger partial charge in [0.25, 0.3) is 0 Å². The van der Waals surface area contributed by atoms with Crippen molar-refractivity contribution in [3.63, 3.8) is 0 Å². The number of allylic oxidation sites excluding steroid dienone is 10. The first-order valence-electron chi connectivity index (χ1n) is 8.20. The van der Waals surface area contributed by atoms with Crippen molar-refractivity contribution in [3.8, 4) is 0 Å². The summed E-state index contributed by atoms with van der Waals surface area (Å²) in [5.41, 5.74) is 5.68. The van der Waals surface area contributed by atoms with Crippen LogP contribution in [0.4, 0.5) is 0 Å². The summed E-state index contributed by atoms with van der Waals surface area (Å²) in [5.74, 6) is 0. The SMILES string of the molecule is CC(C=CC1=C(C)CCCC1(C)C)=CC=CC(C)=CCC=O. The molecule has 0 saturated heterocycles. The van der Waals surface area contributed by atoms with E-state index in [1.54, 1.807) is 0 Å². The van der Waals surface area contributed by atoms with Gasteiger partial charge in [-0.1, -0.05) is 67.0 Å². The largest absolute Gasteiger partial charge is 0.303 e. The molecule has 1 heteroatoms. The zero-order valence-corrected chi connectivity index (χ0v) is 14.8. The van der Waals surface area contributed by atoms with Crippen LogP contribution in [0.2, 0.25) is 0 Å². The molecule has 0 radical (unpaired) electrons. The highest BCUT2D eigenvalue weighted by atomic mass is 16.1. The normalized spacial score (nSPS) is 20.2. The van der Waals surface area contributed by atoms with E-state index in [1.165, 1.54) is 36.0 Å². The summed E-state index contributed by atoms with van der Waals surface area (Å²) >= 11 is 0. The van der Waals surface area contributed by atoms with Crippen LogP contribution in [0.3, 0.4) is 0 Å². The molecule has 1 rings (SSSR count). The van der Waals surface area contributed by atoms with Crippen LogP contribution in [0.25, 0.3) is 0 Å². The molecule has 0 unspecified atom stereocenters. The number of carbonyl (C=O) groups excluding carboxylic acids is 1. The van der Waals surface area contributed by atoms with Gasteiger partial charge in [-0.2, -0.15) is 0 Å². The lowest BCUT2D eigenvalue weighted by Crippen LogP contribution is -2.19. The average molecular weight is 298 g/mol. The predicted octanol–water partition coefficient (Wildman–Crippen LogP) is 6.11. The fraction of sp³-hybridized carbons (Fsp3) is 0.476. The molecule has 0 saturated carbocycles. The van der Waals surface area contributed by atoms with Gasteiger partial charge in [0.1, 0.15) is 6.29 Å². The molecule has 1 aliphatic rings. The van der Waals surface area contributed by atoms with Gasteiger partial charge in [0.2, 0.25) is 0 Å². The quantitative estimate of drug-likeness (QED) is 0.427. The minimum absolute atomic E-state index is 0.295. The third-order valence-electron chi connectivity index (χ3n) is 4.31. The highest BCUT2D eigenvalue weighted by Crippen LogP contribution is 2.40. The van der Waals surface area contributed by atoms with Crippen LogP contribution in [-0.4, -0.2) is 6.29 Å². The van der Waals surface area contributed by atoms with Gasteiger partial charge in [0, 0.05) is 6.42 Å². The molecule has 0 aromatic carbocycles. The van der Waals surface area contributed by atoms with E-state index in [4.69, 9.17) is 0 Å². The van der Waals surface area contributed by atoms with Gasteiger partial charge < -0.3 is 4.79 Å². The van der Waals surface area contributed by atoms with Crippen molar-refractivity contribution in [2.75, 3.05) is 0 Å². The smallest absolute Gasteiger partial charge is 0.123 e. The van der Waals surface area contributed by atoms with Crippen LogP contribution in [0.15, 0.2) is 58.7 Å². The summed E-state index contributed by atoms with van der Waals surface area (Å²) in [4.78, 5) is 10.3. The predicted molar refractivity (Wildman–Crippen MR) is 96.8 cm³/mol. The number of rotatable bonds is 6. The minimum Gasteiger partial charge on any atom is -0.303 e. The van der Waals surface area contributed by atoms with E-state index in [0.29, 0.717) is 11.8 Å². The zero-order valence-electron chi connectivity index (χ0n) is 14.8. The molecular weight excluding hydrogens is 268 g/mol. The molecule has 120 valence electrons. The summed E-state index contributed by atoms with van der Waals surface area (Å²) in [6.45, 7) is 11.1. The van der Waals surface area contributed by atoms with E-state index in [1.807, 2.05) is 25.2 Å². The monoisotopic (exact) mass is 298 g/mol. The third-order valence-corrected chi connectivity index (χ3v) is 4.31. The Morgan fingerprint density at radius 2 is 1.91 bits per heavy atom. The van der Waals surface area contributed by atoms with Gasteiger partial charge in [-0.05, 0) is 51.0 Å². The summed E-state index contributed by atoms with van der Waals surface area (Å²) in [7, 11) is 0. The van der Waals surface area contributed by atoms with E-state index < -0.39 is 0 Å². The maximum Gasteiger partial charge on any atom is 0.123 e. The van der Waals surface area contributed by atoms with Crippen molar-refractivity contribution < 1.29 is 4.79 Å². The first-order chi connectivity index (χ1) is 10.4. The number of hydrogen-bond acceptors (Lipinski definition) is 1. The number of hydrogen-bond donors (Lipinski definition) is 0. The molecule has 0 heterocycles. The van der Waals surface area contributed by atoms with E-state index in [-0.39, 0.29) is 0 Å². The first kappa shape index (κ1) is 18.4. The molecule has 0 spiro atoms. The fourth-order valence-corrected chi connectivity index (χ4v) is 2.93. The Morgan fingerprint density at radius 3 is 2.55 bits per heavy atom. The van der Waals surface area contributed by atoms with Crippen molar-refractivity contribution in [2.24, 2.45) is 5.41 Å². The van der Waals surface area contributed by atoms with Gasteiger partial charge >= 0.3 is 0 Å². The highest BCUT2D eigenvalue weighted by molar-refractivity contribution is 5.52. The highest BCUT2D eigenvalue weighted by Gasteiger charge is 2.26. The Labute approximate surface area is 136 Å². The van der Waals surface area contributed by atoms with Crippen molar-refractivity contribution in [3.05, 3.63) is 58.7 Å². The molecule has 0 bridgehead atoms. The van der Waals surface area contributed by atoms with Gasteiger partial charge in [-0.25, -0.2) is 0 Å². The molecule has 0 aromatic rings. The van der Waals surface area contributed by atoms with E-state index in [9.17, 15) is 4.79 Å². The molecule has 0 N–H and O–H groups in total. The molecule has 22 heavy (non-hydrogen) atoms. The molecular formula is C21H30O. The van der Waals surface area contributed by atoms with Crippen LogP contribution in [-0.2, 0) is 4.79 Å². The molecule has 0 aromatic heterocycles. The number of carbonyl (C=O) groups is 1. The van der Waals surface area contributed by atoms with Crippen molar-refractivity contribution in [1.82, 2.24) is 0 Å². The zero-order chi connectivity index (χ0) is 16.6. The molecule has 1 nitrogen and oxygen atoms in total. The molecule has 0 aliphatic heterocycles. The second kappa shape index (κ2) is 8.73. The summed E-state index contributed by atoms with van der Waals surface area (Å²) < 4.78 is 0. The summed E-state index contributed by atoms with van der Waals surface area (Å²) in [5, 5.41) is 0. The second-order valence-electron chi connectivity index (χ2n) is 6.89. The van der Waals surface area contributed by atoms with Crippen molar-refractivity contribution in [2.45, 2.75) is 60.3 Å². The first-order valence-corrected chi connectivity index (χ1v) is 8.20. The number of aldehydes is 1. The van der Waals surface area contributed by atoms with Crippen LogP contribution >= 0.6 is 0 Å². The lowest BCUT2D eigenvalue weighted by Gasteiger charge is -2.32. The van der Waals surface area contributed by atoms with Gasteiger partial charge in [-0.15, -0.1) is 0 Å². The Kier molecular flexibility index (Phi) is 7.31. The Balaban J connectivity index is 2.75. The third kappa shape index (κ3) is 6.01. The van der Waals surface area contributed by atoms with Gasteiger partial charge in [0.15, 0.2) is 0 Å². The van der Waals surface area contributed by atoms with Crippen LogP contribution in [0, 0.1) is 5.41 Å².